The van der Waals surface area contributed by atoms with E-state index in [0.717, 1.165) is 18.7 Å². The van der Waals surface area contributed by atoms with E-state index in [1.54, 1.807) is 5.57 Å². The van der Waals surface area contributed by atoms with Crippen LogP contribution in [0.4, 0.5) is 0 Å². The lowest BCUT2D eigenvalue weighted by atomic mass is 9.93. The van der Waals surface area contributed by atoms with Crippen molar-refractivity contribution < 1.29 is 0 Å². The second-order valence-corrected chi connectivity index (χ2v) is 4.73. The van der Waals surface area contributed by atoms with Crippen molar-refractivity contribution in [2.45, 2.75) is 44.6 Å². The van der Waals surface area contributed by atoms with Gasteiger partial charge in [-0.25, -0.2) is 4.98 Å². The van der Waals surface area contributed by atoms with Crippen molar-refractivity contribution in [3.8, 4) is 0 Å². The molecule has 3 heteroatoms. The Morgan fingerprint density at radius 1 is 1.44 bits per heavy atom. The molecule has 0 amide bonds. The second kappa shape index (κ2) is 5.30. The lowest BCUT2D eigenvalue weighted by molar-refractivity contribution is 0.585. The fourth-order valence-electron chi connectivity index (χ4n) is 2.33. The average molecular weight is 219 g/mol. The molecule has 0 spiro atoms. The third kappa shape index (κ3) is 2.95. The van der Waals surface area contributed by atoms with Crippen LogP contribution in [0.3, 0.4) is 0 Å². The Morgan fingerprint density at radius 2 is 2.31 bits per heavy atom. The molecule has 1 unspecified atom stereocenters. The summed E-state index contributed by atoms with van der Waals surface area (Å²) in [5, 5.41) is 0. The van der Waals surface area contributed by atoms with Gasteiger partial charge in [0.05, 0.1) is 0 Å². The summed E-state index contributed by atoms with van der Waals surface area (Å²) < 4.78 is 2.05. The molecule has 16 heavy (non-hydrogen) atoms. The highest BCUT2D eigenvalue weighted by Gasteiger charge is 2.11. The molecule has 1 aromatic rings. The molecule has 1 aliphatic carbocycles. The molecule has 3 nitrogen and oxygen atoms in total. The third-order valence-electron chi connectivity index (χ3n) is 3.28. The van der Waals surface area contributed by atoms with Crippen molar-refractivity contribution in [1.29, 1.82) is 0 Å². The summed E-state index contributed by atoms with van der Waals surface area (Å²) >= 11 is 0. The molecule has 2 rings (SSSR count). The first kappa shape index (κ1) is 11.4. The number of allylic oxidation sites excluding steroid dienone is 1. The summed E-state index contributed by atoms with van der Waals surface area (Å²) in [7, 11) is 2.02. The molecule has 0 aromatic carbocycles. The molecule has 0 bridgehead atoms. The first-order valence-corrected chi connectivity index (χ1v) is 6.15. The van der Waals surface area contributed by atoms with Gasteiger partial charge in [-0.3, -0.25) is 0 Å². The quantitative estimate of drug-likeness (QED) is 0.789. The summed E-state index contributed by atoms with van der Waals surface area (Å²) in [6, 6.07) is 0.213. The zero-order valence-electron chi connectivity index (χ0n) is 10.0. The normalized spacial score (nSPS) is 18.2. The number of aromatic nitrogens is 2. The number of imidazole rings is 1. The number of hydrogen-bond acceptors (Lipinski definition) is 2. The van der Waals surface area contributed by atoms with E-state index < -0.39 is 0 Å². The molecule has 0 saturated heterocycles. The zero-order chi connectivity index (χ0) is 11.4. The Balaban J connectivity index is 1.86. The van der Waals surface area contributed by atoms with Crippen LogP contribution >= 0.6 is 0 Å². The Labute approximate surface area is 97.4 Å². The van der Waals surface area contributed by atoms with E-state index in [0.29, 0.717) is 0 Å². The minimum atomic E-state index is 0.213. The van der Waals surface area contributed by atoms with Gasteiger partial charge in [-0.1, -0.05) is 11.6 Å². The van der Waals surface area contributed by atoms with Crippen molar-refractivity contribution in [3.63, 3.8) is 0 Å². The van der Waals surface area contributed by atoms with Gasteiger partial charge in [0.25, 0.3) is 0 Å². The highest BCUT2D eigenvalue weighted by molar-refractivity contribution is 5.08. The number of nitrogens with zero attached hydrogens (tertiary/aromatic N) is 2. The fraction of sp³-hybridized carbons (Fsp3) is 0.615. The lowest BCUT2D eigenvalue weighted by Crippen LogP contribution is -2.25. The van der Waals surface area contributed by atoms with Gasteiger partial charge in [0, 0.05) is 31.9 Å². The Kier molecular flexibility index (Phi) is 3.78. The summed E-state index contributed by atoms with van der Waals surface area (Å²) in [4.78, 5) is 4.31. The number of rotatable bonds is 4. The predicted octanol–water partition coefficient (Wildman–Crippen LogP) is 2.18. The van der Waals surface area contributed by atoms with E-state index in [-0.39, 0.29) is 6.04 Å². The van der Waals surface area contributed by atoms with Gasteiger partial charge < -0.3 is 10.3 Å². The van der Waals surface area contributed by atoms with Crippen molar-refractivity contribution in [1.82, 2.24) is 9.55 Å². The molecule has 1 heterocycles. The number of hydrogen-bond donors (Lipinski definition) is 1. The summed E-state index contributed by atoms with van der Waals surface area (Å²) in [6.45, 7) is 0. The minimum Gasteiger partial charge on any atom is -0.338 e. The van der Waals surface area contributed by atoms with Crippen LogP contribution in [-0.2, 0) is 13.5 Å². The average Bonchev–Trinajstić information content (AvgIpc) is 2.66. The van der Waals surface area contributed by atoms with Gasteiger partial charge in [0.2, 0.25) is 0 Å². The van der Waals surface area contributed by atoms with Crippen LogP contribution < -0.4 is 5.73 Å². The second-order valence-electron chi connectivity index (χ2n) is 4.73. The van der Waals surface area contributed by atoms with Crippen LogP contribution in [0.1, 0.15) is 37.9 Å². The molecule has 0 fully saturated rings. The van der Waals surface area contributed by atoms with Gasteiger partial charge >= 0.3 is 0 Å². The van der Waals surface area contributed by atoms with E-state index >= 15 is 0 Å². The highest BCUT2D eigenvalue weighted by Crippen LogP contribution is 2.21. The van der Waals surface area contributed by atoms with Crippen molar-refractivity contribution in [2.75, 3.05) is 0 Å². The van der Waals surface area contributed by atoms with Crippen LogP contribution in [0.5, 0.6) is 0 Å². The molecule has 0 aliphatic heterocycles. The minimum absolute atomic E-state index is 0.213. The molecule has 0 saturated carbocycles. The van der Waals surface area contributed by atoms with Crippen LogP contribution in [0.2, 0.25) is 0 Å². The van der Waals surface area contributed by atoms with E-state index in [1.807, 2.05) is 19.4 Å². The number of nitrogens with two attached hydrogens (primary N) is 1. The van der Waals surface area contributed by atoms with Crippen LogP contribution in [-0.4, -0.2) is 15.6 Å². The Bertz CT molecular complexity index is 365. The lowest BCUT2D eigenvalue weighted by Gasteiger charge is -2.17. The first-order chi connectivity index (χ1) is 7.75. The Hall–Kier alpha value is -1.09. The monoisotopic (exact) mass is 219 g/mol. The predicted molar refractivity (Wildman–Crippen MR) is 66.1 cm³/mol. The maximum Gasteiger partial charge on any atom is 0.109 e. The fourth-order valence-corrected chi connectivity index (χ4v) is 2.33. The summed E-state index contributed by atoms with van der Waals surface area (Å²) in [5.41, 5.74) is 7.72. The largest absolute Gasteiger partial charge is 0.338 e. The highest BCUT2D eigenvalue weighted by atomic mass is 15.0. The standard InChI is InChI=1S/C13H21N3/c1-16-8-7-15-13(16)10-12(14)9-11-5-3-2-4-6-11/h5,7-8,12H,2-4,6,9-10,14H2,1H3. The van der Waals surface area contributed by atoms with Gasteiger partial charge in [-0.05, 0) is 32.1 Å². The van der Waals surface area contributed by atoms with Crippen molar-refractivity contribution >= 4 is 0 Å². The zero-order valence-corrected chi connectivity index (χ0v) is 10.0. The van der Waals surface area contributed by atoms with E-state index in [4.69, 9.17) is 5.73 Å². The molecular weight excluding hydrogens is 198 g/mol. The van der Waals surface area contributed by atoms with Gasteiger partial charge in [0.1, 0.15) is 5.82 Å². The molecule has 88 valence electrons. The van der Waals surface area contributed by atoms with Gasteiger partial charge in [-0.2, -0.15) is 0 Å². The summed E-state index contributed by atoms with van der Waals surface area (Å²) in [6.07, 6.45) is 13.3. The van der Waals surface area contributed by atoms with Gasteiger partial charge in [0.15, 0.2) is 0 Å². The van der Waals surface area contributed by atoms with Crippen LogP contribution in [0.25, 0.3) is 0 Å². The first-order valence-electron chi connectivity index (χ1n) is 6.15. The van der Waals surface area contributed by atoms with Crippen LogP contribution in [0, 0.1) is 0 Å². The van der Waals surface area contributed by atoms with E-state index in [1.165, 1.54) is 25.7 Å². The van der Waals surface area contributed by atoms with Crippen LogP contribution in [0.15, 0.2) is 24.0 Å². The molecular formula is C13H21N3. The van der Waals surface area contributed by atoms with Crippen molar-refractivity contribution in [2.24, 2.45) is 12.8 Å². The molecule has 0 radical (unpaired) electrons. The Morgan fingerprint density at radius 3 is 2.94 bits per heavy atom. The topological polar surface area (TPSA) is 43.8 Å². The molecule has 1 aromatic heterocycles. The van der Waals surface area contributed by atoms with Gasteiger partial charge in [-0.15, -0.1) is 0 Å². The van der Waals surface area contributed by atoms with Crippen molar-refractivity contribution in [3.05, 3.63) is 29.9 Å². The van der Waals surface area contributed by atoms with E-state index in [2.05, 4.69) is 15.6 Å². The number of aryl methyl sites for hydroxylation is 1. The maximum absolute atomic E-state index is 6.17. The molecule has 1 atom stereocenters. The smallest absolute Gasteiger partial charge is 0.109 e. The summed E-state index contributed by atoms with van der Waals surface area (Å²) in [5.74, 6) is 1.09. The molecule has 1 aliphatic rings. The third-order valence-corrected chi connectivity index (χ3v) is 3.28. The SMILES string of the molecule is Cn1ccnc1CC(N)CC1=CCCCC1. The maximum atomic E-state index is 6.17. The molecule has 2 N–H and O–H groups in total. The van der Waals surface area contributed by atoms with E-state index in [9.17, 15) is 0 Å².